The molecule has 1 aliphatic heterocycles. The summed E-state index contributed by atoms with van der Waals surface area (Å²) in [5, 5.41) is 12.9. The first-order chi connectivity index (χ1) is 13.7. The lowest BCUT2D eigenvalue weighted by molar-refractivity contribution is 0.0586. The van der Waals surface area contributed by atoms with Crippen molar-refractivity contribution in [1.29, 1.82) is 0 Å². The van der Waals surface area contributed by atoms with Crippen molar-refractivity contribution in [1.82, 2.24) is 29.7 Å². The van der Waals surface area contributed by atoms with Gasteiger partial charge in [-0.1, -0.05) is 35.5 Å². The Morgan fingerprint density at radius 1 is 1.14 bits per heavy atom. The number of rotatable bonds is 6. The molecule has 1 saturated heterocycles. The highest BCUT2D eigenvalue weighted by molar-refractivity contribution is 5.92. The third kappa shape index (κ3) is 3.98. The summed E-state index contributed by atoms with van der Waals surface area (Å²) in [6.07, 6.45) is 7.96. The molecule has 1 aliphatic rings. The van der Waals surface area contributed by atoms with Crippen LogP contribution in [0.3, 0.4) is 0 Å². The Morgan fingerprint density at radius 3 is 2.79 bits per heavy atom. The summed E-state index contributed by atoms with van der Waals surface area (Å²) in [6.45, 7) is 4.34. The third-order valence-electron chi connectivity index (χ3n) is 5.37. The first-order valence-corrected chi connectivity index (χ1v) is 10.0. The second-order valence-corrected chi connectivity index (χ2v) is 7.23. The number of benzene rings is 1. The van der Waals surface area contributed by atoms with Gasteiger partial charge in [-0.3, -0.25) is 14.2 Å². The van der Waals surface area contributed by atoms with Crippen LogP contribution < -0.4 is 0 Å². The van der Waals surface area contributed by atoms with E-state index < -0.39 is 0 Å². The van der Waals surface area contributed by atoms with Crippen LogP contribution in [0.15, 0.2) is 48.8 Å². The minimum Gasteiger partial charge on any atom is -0.334 e. The first kappa shape index (κ1) is 18.4. The fourth-order valence-electron chi connectivity index (χ4n) is 3.80. The van der Waals surface area contributed by atoms with Gasteiger partial charge in [-0.2, -0.15) is 5.10 Å². The van der Waals surface area contributed by atoms with Crippen molar-refractivity contribution in [3.8, 4) is 11.3 Å². The number of carbonyl (C=O) groups excluding carboxylic acids is 1. The summed E-state index contributed by atoms with van der Waals surface area (Å²) < 4.78 is 3.68. The molecule has 0 bridgehead atoms. The number of hydrogen-bond acceptors (Lipinski definition) is 4. The Bertz CT molecular complexity index is 916. The number of nitrogens with zero attached hydrogens (tertiary/aromatic N) is 6. The second kappa shape index (κ2) is 8.37. The van der Waals surface area contributed by atoms with Crippen molar-refractivity contribution in [2.75, 3.05) is 6.54 Å². The predicted molar refractivity (Wildman–Crippen MR) is 107 cm³/mol. The van der Waals surface area contributed by atoms with Gasteiger partial charge >= 0.3 is 0 Å². The number of hydrogen-bond donors (Lipinski definition) is 0. The molecule has 4 rings (SSSR count). The van der Waals surface area contributed by atoms with E-state index in [1.54, 1.807) is 4.68 Å². The predicted octanol–water partition coefficient (Wildman–Crippen LogP) is 3.25. The van der Waals surface area contributed by atoms with Gasteiger partial charge in [0.15, 0.2) is 0 Å². The minimum atomic E-state index is 0.0421. The molecule has 7 heteroatoms. The summed E-state index contributed by atoms with van der Waals surface area (Å²) in [4.78, 5) is 15.0. The van der Waals surface area contributed by atoms with Gasteiger partial charge in [-0.15, -0.1) is 5.10 Å². The molecule has 28 heavy (non-hydrogen) atoms. The zero-order valence-corrected chi connectivity index (χ0v) is 16.2. The van der Waals surface area contributed by atoms with Gasteiger partial charge in [0.1, 0.15) is 11.4 Å². The number of aryl methyl sites for hydroxylation is 2. The number of aromatic nitrogens is 5. The van der Waals surface area contributed by atoms with E-state index in [1.807, 2.05) is 65.3 Å². The Morgan fingerprint density at radius 2 is 2.00 bits per heavy atom. The molecule has 1 unspecified atom stereocenters. The van der Waals surface area contributed by atoms with Gasteiger partial charge in [0.25, 0.3) is 5.91 Å². The van der Waals surface area contributed by atoms with Crippen LogP contribution in [-0.4, -0.2) is 48.2 Å². The van der Waals surface area contributed by atoms with Gasteiger partial charge < -0.3 is 4.90 Å². The van der Waals surface area contributed by atoms with E-state index in [9.17, 15) is 4.79 Å². The smallest absolute Gasteiger partial charge is 0.274 e. The zero-order valence-electron chi connectivity index (χ0n) is 16.2. The van der Waals surface area contributed by atoms with E-state index in [1.165, 1.54) is 0 Å². The highest BCUT2D eigenvalue weighted by Crippen LogP contribution is 2.23. The summed E-state index contributed by atoms with van der Waals surface area (Å²) in [5.74, 6) is 0.0421. The highest BCUT2D eigenvalue weighted by Gasteiger charge is 2.28. The Labute approximate surface area is 165 Å². The summed E-state index contributed by atoms with van der Waals surface area (Å²) in [7, 11) is 0. The van der Waals surface area contributed by atoms with Crippen LogP contribution in [-0.2, 0) is 13.1 Å². The van der Waals surface area contributed by atoms with Crippen molar-refractivity contribution in [2.45, 2.75) is 51.7 Å². The number of carbonyl (C=O) groups is 1. The van der Waals surface area contributed by atoms with Crippen LogP contribution in [0.2, 0.25) is 0 Å². The first-order valence-electron chi connectivity index (χ1n) is 10.0. The number of likely N-dealkylation sites (tertiary alicyclic amines) is 1. The maximum atomic E-state index is 13.0. The Hall–Kier alpha value is -2.96. The van der Waals surface area contributed by atoms with Gasteiger partial charge in [0.2, 0.25) is 0 Å². The normalized spacial score (nSPS) is 17.0. The van der Waals surface area contributed by atoms with Gasteiger partial charge in [0, 0.05) is 37.4 Å². The maximum absolute atomic E-state index is 13.0. The standard InChI is InChI=1S/C21H26N6O/c1-2-25-15-12-19(23-25)21(28)27-13-7-6-10-18(27)11-14-26-16-20(22-24-26)17-8-4-3-5-9-17/h3-5,8-9,12,15-16,18H,2,6-7,10-11,13-14H2,1H3. The van der Waals surface area contributed by atoms with E-state index in [0.717, 1.165) is 56.6 Å². The molecule has 1 atom stereocenters. The number of piperidine rings is 1. The van der Waals surface area contributed by atoms with Gasteiger partial charge in [-0.25, -0.2) is 0 Å². The van der Waals surface area contributed by atoms with E-state index in [4.69, 9.17) is 0 Å². The monoisotopic (exact) mass is 378 g/mol. The quantitative estimate of drug-likeness (QED) is 0.660. The lowest BCUT2D eigenvalue weighted by Crippen LogP contribution is -2.44. The lowest BCUT2D eigenvalue weighted by atomic mass is 9.99. The Balaban J connectivity index is 1.41. The molecule has 0 spiro atoms. The molecule has 2 aromatic heterocycles. The van der Waals surface area contributed by atoms with Crippen molar-refractivity contribution < 1.29 is 4.79 Å². The van der Waals surface area contributed by atoms with Crippen LogP contribution in [0.1, 0.15) is 43.1 Å². The average Bonchev–Trinajstić information content (AvgIpc) is 3.42. The fourth-order valence-corrected chi connectivity index (χ4v) is 3.80. The Kier molecular flexibility index (Phi) is 5.50. The largest absolute Gasteiger partial charge is 0.334 e. The molecule has 146 valence electrons. The van der Waals surface area contributed by atoms with Crippen LogP contribution in [0, 0.1) is 0 Å². The molecule has 0 saturated carbocycles. The zero-order chi connectivity index (χ0) is 19.3. The molecule has 1 amide bonds. The van der Waals surface area contributed by atoms with Crippen LogP contribution in [0.4, 0.5) is 0 Å². The summed E-state index contributed by atoms with van der Waals surface area (Å²) in [6, 6.07) is 12.1. The van der Waals surface area contributed by atoms with Crippen molar-refractivity contribution in [3.63, 3.8) is 0 Å². The molecule has 3 heterocycles. The van der Waals surface area contributed by atoms with Gasteiger partial charge in [0.05, 0.1) is 6.20 Å². The molecule has 7 nitrogen and oxygen atoms in total. The van der Waals surface area contributed by atoms with Crippen LogP contribution >= 0.6 is 0 Å². The molecule has 0 aliphatic carbocycles. The third-order valence-corrected chi connectivity index (χ3v) is 5.37. The summed E-state index contributed by atoms with van der Waals surface area (Å²) >= 11 is 0. The van der Waals surface area contributed by atoms with E-state index >= 15 is 0 Å². The van der Waals surface area contributed by atoms with Crippen LogP contribution in [0.25, 0.3) is 11.3 Å². The topological polar surface area (TPSA) is 68.8 Å². The van der Waals surface area contributed by atoms with Gasteiger partial charge in [-0.05, 0) is 38.7 Å². The van der Waals surface area contributed by atoms with Crippen molar-refractivity contribution >= 4 is 5.91 Å². The van der Waals surface area contributed by atoms with E-state index in [0.29, 0.717) is 5.69 Å². The van der Waals surface area contributed by atoms with Crippen LogP contribution in [0.5, 0.6) is 0 Å². The molecule has 1 aromatic carbocycles. The minimum absolute atomic E-state index is 0.0421. The molecular weight excluding hydrogens is 352 g/mol. The highest BCUT2D eigenvalue weighted by atomic mass is 16.2. The number of amides is 1. The maximum Gasteiger partial charge on any atom is 0.274 e. The molecule has 0 radical (unpaired) electrons. The van der Waals surface area contributed by atoms with Crippen molar-refractivity contribution in [2.24, 2.45) is 0 Å². The lowest BCUT2D eigenvalue weighted by Gasteiger charge is -2.35. The van der Waals surface area contributed by atoms with E-state index in [-0.39, 0.29) is 11.9 Å². The molecule has 3 aromatic rings. The molecule has 0 N–H and O–H groups in total. The SMILES string of the molecule is CCn1ccc(C(=O)N2CCCCC2CCn2cc(-c3ccccc3)nn2)n1. The summed E-state index contributed by atoms with van der Waals surface area (Å²) in [5.41, 5.74) is 2.48. The fraction of sp³-hybridized carbons (Fsp3) is 0.429. The molecule has 1 fully saturated rings. The van der Waals surface area contributed by atoms with Crippen molar-refractivity contribution in [3.05, 3.63) is 54.5 Å². The second-order valence-electron chi connectivity index (χ2n) is 7.23. The average molecular weight is 378 g/mol. The molecular formula is C21H26N6O. The van der Waals surface area contributed by atoms with E-state index in [2.05, 4.69) is 15.4 Å².